The Balaban J connectivity index is 1.50. The van der Waals surface area contributed by atoms with E-state index in [4.69, 9.17) is 9.47 Å². The smallest absolute Gasteiger partial charge is 0.252 e. The molecule has 1 heterocycles. The molecule has 4 aromatic rings. The highest BCUT2D eigenvalue weighted by molar-refractivity contribution is 5.81. The van der Waals surface area contributed by atoms with E-state index in [0.29, 0.717) is 30.4 Å². The van der Waals surface area contributed by atoms with Crippen molar-refractivity contribution in [1.29, 1.82) is 0 Å². The highest BCUT2D eigenvalue weighted by atomic mass is 16.5. The Hall–Kier alpha value is -4.39. The van der Waals surface area contributed by atoms with Crippen LogP contribution in [0.15, 0.2) is 94.8 Å². The first-order valence-corrected chi connectivity index (χ1v) is 10.5. The molecular formula is C26H24N4O3. The van der Waals surface area contributed by atoms with Crippen molar-refractivity contribution in [2.24, 2.45) is 5.10 Å². The van der Waals surface area contributed by atoms with Gasteiger partial charge in [-0.1, -0.05) is 60.7 Å². The van der Waals surface area contributed by atoms with Crippen LogP contribution in [0.25, 0.3) is 0 Å². The summed E-state index contributed by atoms with van der Waals surface area (Å²) in [6, 6.07) is 26.9. The molecule has 0 atom stereocenters. The molecule has 0 fully saturated rings. The fraction of sp³-hybridized carbons (Fsp3) is 0.115. The quantitative estimate of drug-likeness (QED) is 0.291. The van der Waals surface area contributed by atoms with Crippen LogP contribution in [0.2, 0.25) is 0 Å². The largest absolute Gasteiger partial charge is 0.485 e. The lowest BCUT2D eigenvalue weighted by molar-refractivity contribution is 0.256. The Morgan fingerprint density at radius 2 is 1.52 bits per heavy atom. The lowest BCUT2D eigenvalue weighted by Crippen LogP contribution is -2.10. The van der Waals surface area contributed by atoms with Crippen LogP contribution in [0.5, 0.6) is 11.5 Å². The summed E-state index contributed by atoms with van der Waals surface area (Å²) in [6.45, 7) is 2.59. The van der Waals surface area contributed by atoms with Crippen LogP contribution in [0.3, 0.4) is 0 Å². The van der Waals surface area contributed by atoms with Crippen LogP contribution in [-0.4, -0.2) is 16.2 Å². The fourth-order valence-corrected chi connectivity index (χ4v) is 3.11. The van der Waals surface area contributed by atoms with Crippen LogP contribution in [0, 0.1) is 6.92 Å². The number of aromatic amines is 1. The third kappa shape index (κ3) is 6.54. The monoisotopic (exact) mass is 440 g/mol. The molecule has 0 spiro atoms. The predicted molar refractivity (Wildman–Crippen MR) is 129 cm³/mol. The lowest BCUT2D eigenvalue weighted by atomic mass is 10.2. The second kappa shape index (κ2) is 10.8. The molecule has 0 saturated carbocycles. The number of anilines is 1. The normalized spacial score (nSPS) is 10.8. The van der Waals surface area contributed by atoms with Gasteiger partial charge < -0.3 is 9.47 Å². The zero-order valence-electron chi connectivity index (χ0n) is 18.2. The molecule has 0 aliphatic carbocycles. The molecular weight excluding hydrogens is 416 g/mol. The minimum Gasteiger partial charge on any atom is -0.485 e. The van der Waals surface area contributed by atoms with Gasteiger partial charge in [0.15, 0.2) is 11.5 Å². The van der Waals surface area contributed by atoms with Gasteiger partial charge in [-0.15, -0.1) is 0 Å². The lowest BCUT2D eigenvalue weighted by Gasteiger charge is -2.14. The van der Waals surface area contributed by atoms with Crippen LogP contribution in [0.1, 0.15) is 22.4 Å². The van der Waals surface area contributed by atoms with E-state index in [1.807, 2.05) is 78.9 Å². The van der Waals surface area contributed by atoms with E-state index in [1.54, 1.807) is 13.1 Å². The van der Waals surface area contributed by atoms with Gasteiger partial charge in [-0.05, 0) is 41.8 Å². The summed E-state index contributed by atoms with van der Waals surface area (Å²) in [5.74, 6) is 1.53. The maximum absolute atomic E-state index is 11.6. The first kappa shape index (κ1) is 21.8. The van der Waals surface area contributed by atoms with E-state index in [1.165, 1.54) is 6.07 Å². The number of aromatic nitrogens is 2. The summed E-state index contributed by atoms with van der Waals surface area (Å²) in [7, 11) is 0. The van der Waals surface area contributed by atoms with E-state index in [-0.39, 0.29) is 11.5 Å². The SMILES string of the molecule is Cc1cc(=O)[nH]c(NN=Cc2ccc(OCc3ccccc3)c(OCc3ccccc3)c2)n1. The van der Waals surface area contributed by atoms with Gasteiger partial charge in [-0.3, -0.25) is 9.78 Å². The first-order chi connectivity index (χ1) is 16.2. The molecule has 0 aliphatic rings. The van der Waals surface area contributed by atoms with Gasteiger partial charge in [0.1, 0.15) is 13.2 Å². The molecule has 3 aromatic carbocycles. The summed E-state index contributed by atoms with van der Waals surface area (Å²) >= 11 is 0. The topological polar surface area (TPSA) is 88.6 Å². The summed E-state index contributed by atoms with van der Waals surface area (Å²) in [5.41, 5.74) is 6.04. The van der Waals surface area contributed by atoms with Gasteiger partial charge in [0.25, 0.3) is 5.56 Å². The Labute approximate surface area is 191 Å². The Kier molecular flexibility index (Phi) is 7.12. The molecule has 0 saturated heterocycles. The van der Waals surface area contributed by atoms with Gasteiger partial charge in [-0.25, -0.2) is 10.4 Å². The molecule has 0 unspecified atom stereocenters. The third-order valence-corrected chi connectivity index (χ3v) is 4.70. The summed E-state index contributed by atoms with van der Waals surface area (Å²) in [4.78, 5) is 18.3. The van der Waals surface area contributed by atoms with E-state index in [2.05, 4.69) is 20.5 Å². The number of H-pyrrole nitrogens is 1. The average Bonchev–Trinajstić information content (AvgIpc) is 2.83. The van der Waals surface area contributed by atoms with Crippen molar-refractivity contribution in [3.63, 3.8) is 0 Å². The van der Waals surface area contributed by atoms with Crippen LogP contribution < -0.4 is 20.5 Å². The minimum absolute atomic E-state index is 0.239. The van der Waals surface area contributed by atoms with Gasteiger partial charge in [-0.2, -0.15) is 5.10 Å². The summed E-state index contributed by atoms with van der Waals surface area (Å²) in [6.07, 6.45) is 1.62. The van der Waals surface area contributed by atoms with Crippen LogP contribution >= 0.6 is 0 Å². The van der Waals surface area contributed by atoms with Gasteiger partial charge in [0.05, 0.1) is 6.21 Å². The van der Waals surface area contributed by atoms with Crippen LogP contribution in [0.4, 0.5) is 5.95 Å². The number of benzene rings is 3. The molecule has 2 N–H and O–H groups in total. The number of nitrogens with zero attached hydrogens (tertiary/aromatic N) is 2. The maximum Gasteiger partial charge on any atom is 0.252 e. The number of rotatable bonds is 9. The Morgan fingerprint density at radius 1 is 0.879 bits per heavy atom. The number of hydrazone groups is 1. The van der Waals surface area contributed by atoms with E-state index >= 15 is 0 Å². The van der Waals surface area contributed by atoms with Gasteiger partial charge in [0.2, 0.25) is 5.95 Å². The summed E-state index contributed by atoms with van der Waals surface area (Å²) < 4.78 is 12.1. The number of hydrogen-bond donors (Lipinski definition) is 2. The average molecular weight is 441 g/mol. The molecule has 4 rings (SSSR count). The van der Waals surface area contributed by atoms with Crippen LogP contribution in [-0.2, 0) is 13.2 Å². The van der Waals surface area contributed by atoms with E-state index < -0.39 is 0 Å². The molecule has 7 nitrogen and oxygen atoms in total. The second-order valence-electron chi connectivity index (χ2n) is 7.36. The highest BCUT2D eigenvalue weighted by Crippen LogP contribution is 2.29. The first-order valence-electron chi connectivity index (χ1n) is 10.5. The van der Waals surface area contributed by atoms with Crippen molar-refractivity contribution in [1.82, 2.24) is 9.97 Å². The zero-order valence-corrected chi connectivity index (χ0v) is 18.2. The fourth-order valence-electron chi connectivity index (χ4n) is 3.11. The standard InChI is InChI=1S/C26H24N4O3/c1-19-14-25(31)29-26(28-19)30-27-16-22-12-13-23(32-17-20-8-4-2-5-9-20)24(15-22)33-18-21-10-6-3-7-11-21/h2-16H,17-18H2,1H3,(H2,28,29,30,31). The third-order valence-electron chi connectivity index (χ3n) is 4.70. The number of ether oxygens (including phenoxy) is 2. The van der Waals surface area contributed by atoms with Crippen molar-refractivity contribution < 1.29 is 9.47 Å². The number of nitrogens with one attached hydrogen (secondary N) is 2. The molecule has 166 valence electrons. The number of aryl methyl sites for hydroxylation is 1. The van der Waals surface area contributed by atoms with Gasteiger partial charge >= 0.3 is 0 Å². The Bertz CT molecular complexity index is 1270. The maximum atomic E-state index is 11.6. The molecule has 0 bridgehead atoms. The van der Waals surface area contributed by atoms with Crippen molar-refractivity contribution in [2.75, 3.05) is 5.43 Å². The predicted octanol–water partition coefficient (Wildman–Crippen LogP) is 4.68. The molecule has 0 amide bonds. The second-order valence-corrected chi connectivity index (χ2v) is 7.36. The highest BCUT2D eigenvalue weighted by Gasteiger charge is 2.08. The number of hydrogen-bond acceptors (Lipinski definition) is 6. The summed E-state index contributed by atoms with van der Waals surface area (Å²) in [5, 5.41) is 4.17. The van der Waals surface area contributed by atoms with E-state index in [9.17, 15) is 4.79 Å². The van der Waals surface area contributed by atoms with Crippen molar-refractivity contribution >= 4 is 12.2 Å². The zero-order chi connectivity index (χ0) is 22.9. The minimum atomic E-state index is -0.239. The van der Waals surface area contributed by atoms with Crippen molar-refractivity contribution in [3.05, 3.63) is 118 Å². The molecule has 33 heavy (non-hydrogen) atoms. The Morgan fingerprint density at radius 3 is 2.15 bits per heavy atom. The van der Waals surface area contributed by atoms with Gasteiger partial charge in [0, 0.05) is 11.8 Å². The van der Waals surface area contributed by atoms with Crippen molar-refractivity contribution in [2.45, 2.75) is 20.1 Å². The molecule has 1 aromatic heterocycles. The van der Waals surface area contributed by atoms with E-state index in [0.717, 1.165) is 16.7 Å². The molecule has 0 radical (unpaired) electrons. The molecule has 7 heteroatoms. The molecule has 0 aliphatic heterocycles. The van der Waals surface area contributed by atoms with Crippen molar-refractivity contribution in [3.8, 4) is 11.5 Å².